The first-order chi connectivity index (χ1) is 8.82. The minimum Gasteiger partial charge on any atom is -0.459 e. The number of carbonyl (C=O) groups excluding carboxylic acids is 1. The lowest BCUT2D eigenvalue weighted by Gasteiger charge is -2.26. The van der Waals surface area contributed by atoms with Crippen LogP contribution in [0, 0.1) is 5.92 Å². The maximum atomic E-state index is 13.1. The Kier molecular flexibility index (Phi) is 6.28. The fourth-order valence-corrected chi connectivity index (χ4v) is 1.06. The van der Waals surface area contributed by atoms with Gasteiger partial charge in [-0.2, -0.15) is 30.7 Å². The highest BCUT2D eigenvalue weighted by Gasteiger charge is 2.57. The number of esters is 1. The lowest BCUT2D eigenvalue weighted by Crippen LogP contribution is -2.45. The van der Waals surface area contributed by atoms with Gasteiger partial charge in [0.1, 0.15) is 0 Å². The third kappa shape index (κ3) is 5.96. The number of ether oxygens (including phenoxy) is 1. The summed E-state index contributed by atoms with van der Waals surface area (Å²) in [6.45, 7) is 0.964. The number of hydrogen-bond acceptors (Lipinski definition) is 2. The first-order valence-electron chi connectivity index (χ1n) is 5.81. The summed E-state index contributed by atoms with van der Waals surface area (Å²) < 4.78 is 91.6. The van der Waals surface area contributed by atoms with Gasteiger partial charge in [-0.1, -0.05) is 13.8 Å². The predicted octanol–water partition coefficient (Wildman–Crippen LogP) is 4.19. The molecule has 0 amide bonds. The summed E-state index contributed by atoms with van der Waals surface area (Å²) in [6.07, 6.45) is -8.82. The lowest BCUT2D eigenvalue weighted by atomic mass is 10.1. The van der Waals surface area contributed by atoms with Gasteiger partial charge in [-0.15, -0.1) is 0 Å². The first kappa shape index (κ1) is 19.0. The zero-order chi connectivity index (χ0) is 16.2. The number of halogens is 7. The molecule has 0 saturated heterocycles. The quantitative estimate of drug-likeness (QED) is 0.520. The van der Waals surface area contributed by atoms with E-state index in [9.17, 15) is 35.5 Å². The zero-order valence-corrected chi connectivity index (χ0v) is 10.9. The van der Waals surface area contributed by atoms with Gasteiger partial charge in [0.25, 0.3) is 0 Å². The van der Waals surface area contributed by atoms with Crippen LogP contribution in [0.15, 0.2) is 0 Å². The van der Waals surface area contributed by atoms with Crippen LogP contribution in [-0.2, 0) is 9.53 Å². The van der Waals surface area contributed by atoms with E-state index in [4.69, 9.17) is 0 Å². The molecule has 9 heteroatoms. The molecule has 0 saturated carbocycles. The number of hydrogen-bond donors (Lipinski definition) is 0. The molecular formula is C11H15F7O2. The Morgan fingerprint density at radius 1 is 1.00 bits per heavy atom. The Hall–Kier alpha value is -1.02. The molecule has 0 spiro atoms. The smallest absolute Gasteiger partial charge is 0.389 e. The van der Waals surface area contributed by atoms with Gasteiger partial charge in [-0.3, -0.25) is 4.79 Å². The van der Waals surface area contributed by atoms with Crippen molar-refractivity contribution in [2.75, 3.05) is 6.61 Å². The Bertz CT molecular complexity index is 325. The molecule has 1 atom stereocenters. The van der Waals surface area contributed by atoms with Crippen LogP contribution in [0.4, 0.5) is 30.7 Å². The van der Waals surface area contributed by atoms with E-state index in [1.807, 2.05) is 0 Å². The van der Waals surface area contributed by atoms with Crippen LogP contribution in [0.5, 0.6) is 0 Å². The van der Waals surface area contributed by atoms with Crippen molar-refractivity contribution in [2.24, 2.45) is 5.92 Å². The predicted molar refractivity (Wildman–Crippen MR) is 55.6 cm³/mol. The minimum absolute atomic E-state index is 0.259. The topological polar surface area (TPSA) is 26.3 Å². The molecule has 0 heterocycles. The van der Waals surface area contributed by atoms with Gasteiger partial charge in [-0.25, -0.2) is 0 Å². The van der Waals surface area contributed by atoms with E-state index < -0.39 is 49.4 Å². The molecule has 0 bridgehead atoms. The zero-order valence-electron chi connectivity index (χ0n) is 10.9. The molecule has 0 rings (SSSR count). The van der Waals surface area contributed by atoms with E-state index in [1.54, 1.807) is 6.92 Å². The third-order valence-electron chi connectivity index (χ3n) is 2.67. The molecule has 0 aromatic heterocycles. The molecule has 120 valence electrons. The van der Waals surface area contributed by atoms with Gasteiger partial charge >= 0.3 is 24.0 Å². The van der Waals surface area contributed by atoms with Crippen LogP contribution >= 0.6 is 0 Å². The highest BCUT2D eigenvalue weighted by atomic mass is 19.4. The van der Waals surface area contributed by atoms with E-state index >= 15 is 0 Å². The van der Waals surface area contributed by atoms with Gasteiger partial charge in [0, 0.05) is 12.8 Å². The maximum absolute atomic E-state index is 13.1. The van der Waals surface area contributed by atoms with E-state index in [1.165, 1.54) is 6.92 Å². The summed E-state index contributed by atoms with van der Waals surface area (Å²) >= 11 is 0. The number of alkyl halides is 7. The van der Waals surface area contributed by atoms with E-state index in [2.05, 4.69) is 4.74 Å². The standard InChI is InChI=1S/C11H15F7O2/c1-3-7(2)8(19)20-6-10(14,15)9(12,13)4-5-11(16,17)18/h7H,3-6H2,1-2H3. The van der Waals surface area contributed by atoms with Crippen molar-refractivity contribution in [1.82, 2.24) is 0 Å². The van der Waals surface area contributed by atoms with Crippen molar-refractivity contribution in [3.8, 4) is 0 Å². The second-order valence-corrected chi connectivity index (χ2v) is 4.44. The maximum Gasteiger partial charge on any atom is 0.389 e. The summed E-state index contributed by atoms with van der Waals surface area (Å²) in [6, 6.07) is 0. The summed E-state index contributed by atoms with van der Waals surface area (Å²) in [5.74, 6) is -11.6. The molecule has 2 nitrogen and oxygen atoms in total. The van der Waals surface area contributed by atoms with Crippen LogP contribution in [0.1, 0.15) is 33.1 Å². The SMILES string of the molecule is CCC(C)C(=O)OCC(F)(F)C(F)(F)CCC(F)(F)F. The van der Waals surface area contributed by atoms with Gasteiger partial charge in [0.2, 0.25) is 0 Å². The van der Waals surface area contributed by atoms with E-state index in [0.29, 0.717) is 0 Å². The molecule has 0 radical (unpaired) electrons. The Balaban J connectivity index is 4.56. The normalized spacial score (nSPS) is 15.1. The first-order valence-corrected chi connectivity index (χ1v) is 5.81. The van der Waals surface area contributed by atoms with Crippen LogP contribution < -0.4 is 0 Å². The van der Waals surface area contributed by atoms with Gasteiger partial charge in [0.05, 0.1) is 5.92 Å². The molecule has 1 unspecified atom stereocenters. The summed E-state index contributed by atoms with van der Waals surface area (Å²) in [5, 5.41) is 0. The Labute approximate surface area is 111 Å². The third-order valence-corrected chi connectivity index (χ3v) is 2.67. The van der Waals surface area contributed by atoms with Crippen LogP contribution in [0.25, 0.3) is 0 Å². The highest BCUT2D eigenvalue weighted by molar-refractivity contribution is 5.71. The van der Waals surface area contributed by atoms with Gasteiger partial charge in [0.15, 0.2) is 6.61 Å². The molecule has 0 aliphatic heterocycles. The molecular weight excluding hydrogens is 297 g/mol. The van der Waals surface area contributed by atoms with Crippen LogP contribution in [-0.4, -0.2) is 30.6 Å². The second-order valence-electron chi connectivity index (χ2n) is 4.44. The van der Waals surface area contributed by atoms with E-state index in [-0.39, 0.29) is 6.42 Å². The van der Waals surface area contributed by atoms with Crippen molar-refractivity contribution < 1.29 is 40.3 Å². The van der Waals surface area contributed by atoms with Gasteiger partial charge < -0.3 is 4.74 Å². The molecule has 0 aromatic rings. The fourth-order valence-electron chi connectivity index (χ4n) is 1.06. The van der Waals surface area contributed by atoms with Crippen molar-refractivity contribution in [1.29, 1.82) is 0 Å². The molecule has 0 aliphatic rings. The molecule has 0 fully saturated rings. The summed E-state index contributed by atoms with van der Waals surface area (Å²) in [5.41, 5.74) is 0. The second kappa shape index (κ2) is 6.62. The largest absolute Gasteiger partial charge is 0.459 e. The van der Waals surface area contributed by atoms with Crippen molar-refractivity contribution in [2.45, 2.75) is 51.1 Å². The fraction of sp³-hybridized carbons (Fsp3) is 0.909. The van der Waals surface area contributed by atoms with Crippen molar-refractivity contribution >= 4 is 5.97 Å². The molecule has 0 N–H and O–H groups in total. The Morgan fingerprint density at radius 3 is 1.90 bits per heavy atom. The number of carbonyl (C=O) groups is 1. The minimum atomic E-state index is -4.97. The van der Waals surface area contributed by atoms with Crippen LogP contribution in [0.3, 0.4) is 0 Å². The average Bonchev–Trinajstić information content (AvgIpc) is 2.31. The van der Waals surface area contributed by atoms with E-state index in [0.717, 1.165) is 0 Å². The Morgan fingerprint density at radius 2 is 1.50 bits per heavy atom. The van der Waals surface area contributed by atoms with Crippen LogP contribution in [0.2, 0.25) is 0 Å². The average molecular weight is 312 g/mol. The van der Waals surface area contributed by atoms with Crippen molar-refractivity contribution in [3.63, 3.8) is 0 Å². The lowest BCUT2D eigenvalue weighted by molar-refractivity contribution is -0.245. The molecule has 0 aromatic carbocycles. The monoisotopic (exact) mass is 312 g/mol. The number of rotatable bonds is 7. The van der Waals surface area contributed by atoms with Crippen molar-refractivity contribution in [3.05, 3.63) is 0 Å². The summed E-state index contributed by atoms with van der Waals surface area (Å²) in [4.78, 5) is 11.1. The highest BCUT2D eigenvalue weighted by Crippen LogP contribution is 2.40. The molecule has 0 aliphatic carbocycles. The van der Waals surface area contributed by atoms with Gasteiger partial charge in [-0.05, 0) is 6.42 Å². The summed E-state index contributed by atoms with van der Waals surface area (Å²) in [7, 11) is 0. The molecule has 20 heavy (non-hydrogen) atoms.